The SMILES string of the molecule is Cc1cccc(C)c1Nc1nncc(Nc2ccc(F)c(F)c2F)n1. The Morgan fingerprint density at radius 3 is 2.32 bits per heavy atom. The quantitative estimate of drug-likeness (QED) is 0.687. The predicted octanol–water partition coefficient (Wildman–Crippen LogP) is 4.39. The average molecular weight is 345 g/mol. The van der Waals surface area contributed by atoms with E-state index in [0.29, 0.717) is 0 Å². The first kappa shape index (κ1) is 16.7. The zero-order chi connectivity index (χ0) is 18.0. The molecule has 2 aromatic carbocycles. The normalized spacial score (nSPS) is 10.6. The van der Waals surface area contributed by atoms with E-state index in [2.05, 4.69) is 25.8 Å². The van der Waals surface area contributed by atoms with E-state index < -0.39 is 17.5 Å². The first-order valence-corrected chi connectivity index (χ1v) is 7.39. The molecular weight excluding hydrogens is 331 g/mol. The molecule has 8 heteroatoms. The van der Waals surface area contributed by atoms with Crippen LogP contribution in [0.1, 0.15) is 11.1 Å². The van der Waals surface area contributed by atoms with Crippen molar-refractivity contribution in [2.75, 3.05) is 10.6 Å². The lowest BCUT2D eigenvalue weighted by molar-refractivity contribution is 0.449. The Morgan fingerprint density at radius 1 is 0.880 bits per heavy atom. The lowest BCUT2D eigenvalue weighted by atomic mass is 10.1. The maximum Gasteiger partial charge on any atom is 0.249 e. The van der Waals surface area contributed by atoms with Crippen LogP contribution in [0.3, 0.4) is 0 Å². The highest BCUT2D eigenvalue weighted by molar-refractivity contribution is 5.64. The highest BCUT2D eigenvalue weighted by Gasteiger charge is 2.14. The third kappa shape index (κ3) is 3.52. The van der Waals surface area contributed by atoms with Gasteiger partial charge in [0.15, 0.2) is 23.3 Å². The number of hydrogen-bond acceptors (Lipinski definition) is 5. The number of benzene rings is 2. The Bertz CT molecular complexity index is 910. The minimum Gasteiger partial charge on any atom is -0.336 e. The van der Waals surface area contributed by atoms with E-state index in [1.165, 1.54) is 6.20 Å². The number of para-hydroxylation sites is 1. The van der Waals surface area contributed by atoms with E-state index in [-0.39, 0.29) is 17.5 Å². The van der Waals surface area contributed by atoms with E-state index in [0.717, 1.165) is 28.9 Å². The summed E-state index contributed by atoms with van der Waals surface area (Å²) in [7, 11) is 0. The average Bonchev–Trinajstić information content (AvgIpc) is 2.59. The van der Waals surface area contributed by atoms with Gasteiger partial charge in [0.1, 0.15) is 0 Å². The number of aryl methyl sites for hydroxylation is 2. The van der Waals surface area contributed by atoms with Gasteiger partial charge in [-0.15, -0.1) is 5.10 Å². The van der Waals surface area contributed by atoms with E-state index in [4.69, 9.17) is 0 Å². The third-order valence-electron chi connectivity index (χ3n) is 3.57. The molecule has 0 aliphatic rings. The highest BCUT2D eigenvalue weighted by atomic mass is 19.2. The van der Waals surface area contributed by atoms with Gasteiger partial charge in [0.2, 0.25) is 5.95 Å². The summed E-state index contributed by atoms with van der Waals surface area (Å²) in [5.41, 5.74) is 2.57. The van der Waals surface area contributed by atoms with Gasteiger partial charge < -0.3 is 10.6 Å². The lowest BCUT2D eigenvalue weighted by Gasteiger charge is -2.12. The molecule has 128 valence electrons. The van der Waals surface area contributed by atoms with Crippen LogP contribution in [0, 0.1) is 31.3 Å². The van der Waals surface area contributed by atoms with Gasteiger partial charge in [-0.05, 0) is 37.1 Å². The Labute approximate surface area is 141 Å². The predicted molar refractivity (Wildman–Crippen MR) is 88.6 cm³/mol. The van der Waals surface area contributed by atoms with Gasteiger partial charge in [-0.3, -0.25) is 0 Å². The van der Waals surface area contributed by atoms with Crippen molar-refractivity contribution >= 4 is 23.1 Å². The number of nitrogens with one attached hydrogen (secondary N) is 2. The number of nitrogens with zero attached hydrogens (tertiary/aromatic N) is 3. The molecule has 0 bridgehead atoms. The number of anilines is 4. The molecule has 0 unspecified atom stereocenters. The van der Waals surface area contributed by atoms with Crippen LogP contribution in [0.25, 0.3) is 0 Å². The zero-order valence-corrected chi connectivity index (χ0v) is 13.4. The van der Waals surface area contributed by atoms with E-state index in [9.17, 15) is 13.2 Å². The largest absolute Gasteiger partial charge is 0.336 e. The summed E-state index contributed by atoms with van der Waals surface area (Å²) in [5, 5.41) is 13.3. The molecule has 0 amide bonds. The standard InChI is InChI=1S/C17H14F3N5/c1-9-4-3-5-10(2)16(9)24-17-23-13(8-21-25-17)22-12-7-6-11(18)14(19)15(12)20/h3-8H,1-2H3,(H2,22,23,24,25). The molecule has 25 heavy (non-hydrogen) atoms. The van der Waals surface area contributed by atoms with Crippen LogP contribution in [0.4, 0.5) is 36.3 Å². The molecule has 3 rings (SSSR count). The molecule has 0 saturated carbocycles. The Kier molecular flexibility index (Phi) is 4.51. The summed E-state index contributed by atoms with van der Waals surface area (Å²) >= 11 is 0. The molecule has 0 aliphatic heterocycles. The summed E-state index contributed by atoms with van der Waals surface area (Å²) in [5.74, 6) is -3.83. The summed E-state index contributed by atoms with van der Waals surface area (Å²) in [4.78, 5) is 4.16. The molecule has 5 nitrogen and oxygen atoms in total. The molecule has 0 atom stereocenters. The number of halogens is 3. The summed E-state index contributed by atoms with van der Waals surface area (Å²) in [6.45, 7) is 3.86. The maximum absolute atomic E-state index is 13.7. The molecule has 1 heterocycles. The van der Waals surface area contributed by atoms with Crippen LogP contribution >= 0.6 is 0 Å². The van der Waals surface area contributed by atoms with E-state index >= 15 is 0 Å². The lowest BCUT2D eigenvalue weighted by Crippen LogP contribution is -2.05. The van der Waals surface area contributed by atoms with Crippen molar-refractivity contribution in [1.82, 2.24) is 15.2 Å². The summed E-state index contributed by atoms with van der Waals surface area (Å²) in [6.07, 6.45) is 1.25. The fraction of sp³-hybridized carbons (Fsp3) is 0.118. The Hall–Kier alpha value is -3.16. The van der Waals surface area contributed by atoms with E-state index in [1.54, 1.807) is 0 Å². The van der Waals surface area contributed by atoms with Gasteiger partial charge in [-0.25, -0.2) is 13.2 Å². The molecule has 0 aliphatic carbocycles. The smallest absolute Gasteiger partial charge is 0.249 e. The first-order valence-electron chi connectivity index (χ1n) is 7.39. The van der Waals surface area contributed by atoms with Crippen LogP contribution in [-0.2, 0) is 0 Å². The molecule has 0 spiro atoms. The summed E-state index contributed by atoms with van der Waals surface area (Å²) in [6, 6.07) is 7.70. The number of aromatic nitrogens is 3. The van der Waals surface area contributed by atoms with Crippen molar-refractivity contribution in [3.63, 3.8) is 0 Å². The van der Waals surface area contributed by atoms with Crippen molar-refractivity contribution in [2.24, 2.45) is 0 Å². The monoisotopic (exact) mass is 345 g/mol. The summed E-state index contributed by atoms with van der Waals surface area (Å²) < 4.78 is 40.0. The van der Waals surface area contributed by atoms with Crippen LogP contribution in [0.2, 0.25) is 0 Å². The topological polar surface area (TPSA) is 62.7 Å². The van der Waals surface area contributed by atoms with Crippen molar-refractivity contribution in [2.45, 2.75) is 13.8 Å². The molecule has 0 saturated heterocycles. The second-order valence-corrected chi connectivity index (χ2v) is 5.40. The van der Waals surface area contributed by atoms with Crippen molar-refractivity contribution in [1.29, 1.82) is 0 Å². The van der Waals surface area contributed by atoms with Crippen molar-refractivity contribution < 1.29 is 13.2 Å². The second-order valence-electron chi connectivity index (χ2n) is 5.40. The zero-order valence-electron chi connectivity index (χ0n) is 13.4. The highest BCUT2D eigenvalue weighted by Crippen LogP contribution is 2.25. The fourth-order valence-corrected chi connectivity index (χ4v) is 2.30. The molecule has 3 aromatic rings. The van der Waals surface area contributed by atoms with Gasteiger partial charge in [0, 0.05) is 5.69 Å². The fourth-order valence-electron chi connectivity index (χ4n) is 2.30. The van der Waals surface area contributed by atoms with Gasteiger partial charge in [0.25, 0.3) is 0 Å². The van der Waals surface area contributed by atoms with Crippen LogP contribution in [0.15, 0.2) is 36.5 Å². The molecule has 0 radical (unpaired) electrons. The van der Waals surface area contributed by atoms with Gasteiger partial charge in [0.05, 0.1) is 11.9 Å². The van der Waals surface area contributed by atoms with Crippen LogP contribution in [0.5, 0.6) is 0 Å². The number of rotatable bonds is 4. The van der Waals surface area contributed by atoms with Gasteiger partial charge >= 0.3 is 0 Å². The van der Waals surface area contributed by atoms with Crippen molar-refractivity contribution in [3.8, 4) is 0 Å². The van der Waals surface area contributed by atoms with E-state index in [1.807, 2.05) is 32.0 Å². The Morgan fingerprint density at radius 2 is 1.60 bits per heavy atom. The maximum atomic E-state index is 13.7. The molecule has 0 fully saturated rings. The minimum absolute atomic E-state index is 0.133. The molecule has 2 N–H and O–H groups in total. The van der Waals surface area contributed by atoms with Crippen LogP contribution in [-0.4, -0.2) is 15.2 Å². The molecular formula is C17H14F3N5. The second kappa shape index (κ2) is 6.76. The molecule has 1 aromatic heterocycles. The Balaban J connectivity index is 1.86. The van der Waals surface area contributed by atoms with Crippen molar-refractivity contribution in [3.05, 3.63) is 65.1 Å². The third-order valence-corrected chi connectivity index (χ3v) is 3.57. The van der Waals surface area contributed by atoms with Gasteiger partial charge in [-0.2, -0.15) is 10.1 Å². The minimum atomic E-state index is -1.55. The first-order chi connectivity index (χ1) is 12.0. The number of hydrogen-bond donors (Lipinski definition) is 2. The van der Waals surface area contributed by atoms with Crippen LogP contribution < -0.4 is 10.6 Å². The van der Waals surface area contributed by atoms with Gasteiger partial charge in [-0.1, -0.05) is 18.2 Å².